The maximum atomic E-state index is 15.8. The molecule has 3 unspecified atom stereocenters. The van der Waals surface area contributed by atoms with E-state index in [1.165, 1.54) is 67.7 Å². The third-order valence-corrected chi connectivity index (χ3v) is 8.15. The number of methoxy groups -OCH3 is 2. The number of likely N-dealkylation sites (tertiary alicyclic amines) is 1. The van der Waals surface area contributed by atoms with E-state index >= 15 is 8.78 Å². The molecule has 1 aliphatic heterocycles. The molecular formula is C32H31Cl2F2N3O4. The molecular weight excluding hydrogens is 599 g/mol. The first-order chi connectivity index (χ1) is 20.3. The first kappa shape index (κ1) is 32.1. The van der Waals surface area contributed by atoms with Crippen LogP contribution in [0.3, 0.4) is 0 Å². The lowest BCUT2D eigenvalue weighted by atomic mass is 9.63. The maximum absolute atomic E-state index is 15.8. The molecule has 1 fully saturated rings. The number of nitrogens with zero attached hydrogens (tertiary/aromatic N) is 2. The molecule has 4 rings (SSSR count). The van der Waals surface area contributed by atoms with Gasteiger partial charge in [-0.15, -0.1) is 0 Å². The maximum Gasteiger partial charge on any atom is 0.341 e. The molecule has 0 aromatic heterocycles. The third kappa shape index (κ3) is 6.13. The number of rotatable bonds is 6. The Morgan fingerprint density at radius 3 is 2.44 bits per heavy atom. The van der Waals surface area contributed by atoms with Gasteiger partial charge in [-0.05, 0) is 42.2 Å². The highest BCUT2D eigenvalue weighted by atomic mass is 35.5. The van der Waals surface area contributed by atoms with Crippen LogP contribution in [0.1, 0.15) is 54.7 Å². The fourth-order valence-corrected chi connectivity index (χ4v) is 6.25. The number of hydrogen-bond donors (Lipinski definition) is 1. The summed E-state index contributed by atoms with van der Waals surface area (Å²) in [6.45, 7) is 5.91. The molecule has 1 aliphatic rings. The van der Waals surface area contributed by atoms with E-state index in [1.54, 1.807) is 0 Å². The smallest absolute Gasteiger partial charge is 0.341 e. The Labute approximate surface area is 259 Å². The number of urea groups is 1. The summed E-state index contributed by atoms with van der Waals surface area (Å²) in [5, 5.41) is 13.7. The number of anilines is 1. The molecule has 11 heteroatoms. The molecule has 1 saturated heterocycles. The molecule has 0 aliphatic carbocycles. The number of hydrogen-bond acceptors (Lipinski definition) is 5. The number of halogens is 4. The van der Waals surface area contributed by atoms with Crippen LogP contribution >= 0.6 is 23.2 Å². The predicted octanol–water partition coefficient (Wildman–Crippen LogP) is 8.17. The summed E-state index contributed by atoms with van der Waals surface area (Å²) < 4.78 is 41.7. The first-order valence-electron chi connectivity index (χ1n) is 13.4. The lowest BCUT2D eigenvalue weighted by Crippen LogP contribution is -2.42. The number of amides is 2. The standard InChI is InChI=1S/C32H31Cl2F2N3O4/c1-31(2,3)15-18-16-39(30(41)38-20-10-11-21(29(40)43-5)26(14-20)42-4)28(22-7-6-8-24(34)27(22)36)32(18,17-37)23-12-9-19(33)13-25(23)35/h6-14,18,28H,15-16H2,1-5H3,(H,38,41). The summed E-state index contributed by atoms with van der Waals surface area (Å²) in [6.07, 6.45) is 0.396. The zero-order valence-corrected chi connectivity index (χ0v) is 25.8. The van der Waals surface area contributed by atoms with E-state index in [0.717, 1.165) is 6.07 Å². The van der Waals surface area contributed by atoms with Crippen molar-refractivity contribution in [2.45, 2.75) is 38.6 Å². The molecule has 3 aromatic rings. The van der Waals surface area contributed by atoms with E-state index in [2.05, 4.69) is 11.4 Å². The molecule has 0 radical (unpaired) electrons. The van der Waals surface area contributed by atoms with Crippen LogP contribution in [-0.2, 0) is 10.2 Å². The van der Waals surface area contributed by atoms with Gasteiger partial charge in [0.1, 0.15) is 28.4 Å². The Morgan fingerprint density at radius 1 is 1.12 bits per heavy atom. The molecule has 2 amide bonds. The van der Waals surface area contributed by atoms with Gasteiger partial charge in [0.15, 0.2) is 0 Å². The average molecular weight is 631 g/mol. The van der Waals surface area contributed by atoms with Crippen LogP contribution in [-0.4, -0.2) is 37.7 Å². The van der Waals surface area contributed by atoms with E-state index in [4.69, 9.17) is 32.7 Å². The Bertz CT molecular complexity index is 1600. The van der Waals surface area contributed by atoms with Crippen LogP contribution in [0.2, 0.25) is 10.0 Å². The van der Waals surface area contributed by atoms with Gasteiger partial charge in [0.2, 0.25) is 0 Å². The minimum absolute atomic E-state index is 0.00238. The molecule has 0 saturated carbocycles. The first-order valence-corrected chi connectivity index (χ1v) is 14.2. The number of carbonyl (C=O) groups is 2. The number of benzene rings is 3. The second-order valence-electron chi connectivity index (χ2n) is 11.6. The fourth-order valence-electron chi connectivity index (χ4n) is 5.91. The highest BCUT2D eigenvalue weighted by molar-refractivity contribution is 6.31. The number of carbonyl (C=O) groups excluding carboxylic acids is 2. The SMILES string of the molecule is COC(=O)c1ccc(NC(=O)N2CC(CC(C)(C)C)C(C#N)(c3ccc(Cl)cc3F)C2c2cccc(Cl)c2F)cc1OC. The van der Waals surface area contributed by atoms with Crippen molar-refractivity contribution in [3.8, 4) is 11.8 Å². The highest BCUT2D eigenvalue weighted by Gasteiger charge is 2.60. The van der Waals surface area contributed by atoms with E-state index < -0.39 is 41.0 Å². The molecule has 0 spiro atoms. The van der Waals surface area contributed by atoms with Crippen molar-refractivity contribution in [1.29, 1.82) is 5.26 Å². The lowest BCUT2D eigenvalue weighted by Gasteiger charge is -2.38. The minimum atomic E-state index is -1.72. The number of nitriles is 1. The van der Waals surface area contributed by atoms with Crippen LogP contribution in [0.25, 0.3) is 0 Å². The molecule has 7 nitrogen and oxygen atoms in total. The van der Waals surface area contributed by atoms with Crippen molar-refractivity contribution in [2.24, 2.45) is 11.3 Å². The van der Waals surface area contributed by atoms with E-state index in [-0.39, 0.29) is 50.1 Å². The normalized spacial score (nSPS) is 20.0. The van der Waals surface area contributed by atoms with Gasteiger partial charge in [0.05, 0.1) is 31.4 Å². The van der Waals surface area contributed by atoms with Gasteiger partial charge in [-0.1, -0.05) is 62.2 Å². The summed E-state index contributed by atoms with van der Waals surface area (Å²) in [4.78, 5) is 27.5. The van der Waals surface area contributed by atoms with Crippen LogP contribution in [0, 0.1) is 34.3 Å². The number of nitrogens with one attached hydrogen (secondary N) is 1. The molecule has 1 heterocycles. The van der Waals surface area contributed by atoms with Crippen molar-refractivity contribution in [3.05, 3.63) is 93.0 Å². The van der Waals surface area contributed by atoms with Gasteiger partial charge in [0.25, 0.3) is 0 Å². The Balaban J connectivity index is 1.91. The lowest BCUT2D eigenvalue weighted by molar-refractivity contribution is 0.0597. The number of ether oxygens (including phenoxy) is 2. The van der Waals surface area contributed by atoms with Crippen molar-refractivity contribution < 1.29 is 27.8 Å². The van der Waals surface area contributed by atoms with Crippen molar-refractivity contribution >= 4 is 40.9 Å². The second-order valence-corrected chi connectivity index (χ2v) is 12.4. The van der Waals surface area contributed by atoms with Gasteiger partial charge < -0.3 is 19.7 Å². The van der Waals surface area contributed by atoms with Gasteiger partial charge in [0, 0.05) is 40.4 Å². The van der Waals surface area contributed by atoms with Crippen LogP contribution in [0.15, 0.2) is 54.6 Å². The average Bonchev–Trinajstić information content (AvgIpc) is 3.26. The predicted molar refractivity (Wildman–Crippen MR) is 160 cm³/mol. The molecule has 3 aromatic carbocycles. The summed E-state index contributed by atoms with van der Waals surface area (Å²) in [6, 6.07) is 13.0. The molecule has 3 atom stereocenters. The fraction of sp³-hybridized carbons (Fsp3) is 0.344. The van der Waals surface area contributed by atoms with Crippen molar-refractivity contribution in [3.63, 3.8) is 0 Å². The minimum Gasteiger partial charge on any atom is -0.496 e. The van der Waals surface area contributed by atoms with Gasteiger partial charge in [-0.3, -0.25) is 0 Å². The second kappa shape index (κ2) is 12.4. The van der Waals surface area contributed by atoms with Crippen LogP contribution in [0.5, 0.6) is 5.75 Å². The van der Waals surface area contributed by atoms with Gasteiger partial charge in [-0.2, -0.15) is 5.26 Å². The summed E-state index contributed by atoms with van der Waals surface area (Å²) in [5.41, 5.74) is -1.70. The van der Waals surface area contributed by atoms with E-state index in [1.807, 2.05) is 20.8 Å². The summed E-state index contributed by atoms with van der Waals surface area (Å²) in [7, 11) is 2.60. The largest absolute Gasteiger partial charge is 0.496 e. The quantitative estimate of drug-likeness (QED) is 0.278. The van der Waals surface area contributed by atoms with Crippen molar-refractivity contribution in [2.75, 3.05) is 26.1 Å². The van der Waals surface area contributed by atoms with Gasteiger partial charge in [-0.25, -0.2) is 18.4 Å². The van der Waals surface area contributed by atoms with E-state index in [9.17, 15) is 14.9 Å². The summed E-state index contributed by atoms with van der Waals surface area (Å²) >= 11 is 12.3. The van der Waals surface area contributed by atoms with Crippen LogP contribution < -0.4 is 10.1 Å². The molecule has 0 bridgehead atoms. The van der Waals surface area contributed by atoms with Crippen molar-refractivity contribution in [1.82, 2.24) is 4.90 Å². The molecule has 226 valence electrons. The van der Waals surface area contributed by atoms with Crippen LogP contribution in [0.4, 0.5) is 19.3 Å². The molecule has 43 heavy (non-hydrogen) atoms. The zero-order chi connectivity index (χ0) is 31.7. The topological polar surface area (TPSA) is 91.7 Å². The molecule has 1 N–H and O–H groups in total. The van der Waals surface area contributed by atoms with Gasteiger partial charge >= 0.3 is 12.0 Å². The summed E-state index contributed by atoms with van der Waals surface area (Å²) in [5.74, 6) is -2.66. The Hall–Kier alpha value is -3.87. The van der Waals surface area contributed by atoms with E-state index in [0.29, 0.717) is 6.42 Å². The highest BCUT2D eigenvalue weighted by Crippen LogP contribution is 2.56. The Kier molecular flexibility index (Phi) is 9.24. The monoisotopic (exact) mass is 629 g/mol. The third-order valence-electron chi connectivity index (χ3n) is 7.62. The number of esters is 1. The Morgan fingerprint density at radius 2 is 1.84 bits per heavy atom. The zero-order valence-electron chi connectivity index (χ0n) is 24.3.